The number of thioether (sulfide) groups is 1. The average Bonchev–Trinajstić information content (AvgIpc) is 2.91. The van der Waals surface area contributed by atoms with Gasteiger partial charge in [0, 0.05) is 42.8 Å². The van der Waals surface area contributed by atoms with E-state index in [1.165, 1.54) is 0 Å². The minimum atomic E-state index is -0.243. The van der Waals surface area contributed by atoms with Crippen molar-refractivity contribution in [2.75, 3.05) is 37.8 Å². The van der Waals surface area contributed by atoms with Crippen LogP contribution in [0.1, 0.15) is 34.3 Å². The third-order valence-corrected chi connectivity index (χ3v) is 9.18. The summed E-state index contributed by atoms with van der Waals surface area (Å²) in [5.41, 5.74) is 3.43. The zero-order valence-corrected chi connectivity index (χ0v) is 23.0. The first kappa shape index (κ1) is 25.2. The lowest BCUT2D eigenvalue weighted by Crippen LogP contribution is -2.46. The smallest absolute Gasteiger partial charge is 0.254 e. The molecule has 37 heavy (non-hydrogen) atoms. The summed E-state index contributed by atoms with van der Waals surface area (Å²) in [5.74, 6) is 2.89. The van der Waals surface area contributed by atoms with Crippen molar-refractivity contribution in [2.24, 2.45) is 0 Å². The van der Waals surface area contributed by atoms with Crippen LogP contribution in [0.25, 0.3) is 10.9 Å². The van der Waals surface area contributed by atoms with Crippen LogP contribution in [0.4, 0.5) is 0 Å². The molecule has 1 spiro atoms. The molecule has 6 nitrogen and oxygen atoms in total. The number of hydrogen-bond donors (Lipinski definition) is 1. The van der Waals surface area contributed by atoms with Crippen LogP contribution in [-0.4, -0.2) is 58.8 Å². The first-order valence-corrected chi connectivity index (χ1v) is 14.7. The van der Waals surface area contributed by atoms with Crippen molar-refractivity contribution in [3.05, 3.63) is 68.8 Å². The van der Waals surface area contributed by atoms with Crippen molar-refractivity contribution in [3.8, 4) is 5.75 Å². The number of ether oxygens (including phenoxy) is 2. The van der Waals surface area contributed by atoms with Gasteiger partial charge < -0.3 is 19.4 Å². The van der Waals surface area contributed by atoms with Crippen molar-refractivity contribution in [2.45, 2.75) is 38.1 Å². The zero-order valence-electron chi connectivity index (χ0n) is 20.6. The summed E-state index contributed by atoms with van der Waals surface area (Å²) in [6.45, 7) is 5.26. The molecule has 1 N–H and O–H groups in total. The van der Waals surface area contributed by atoms with Crippen molar-refractivity contribution in [1.82, 2.24) is 14.8 Å². The second kappa shape index (κ2) is 10.6. The zero-order chi connectivity index (χ0) is 25.4. The van der Waals surface area contributed by atoms with E-state index in [4.69, 9.17) is 33.3 Å². The van der Waals surface area contributed by atoms with Crippen LogP contribution in [-0.2, 0) is 24.4 Å². The summed E-state index contributed by atoms with van der Waals surface area (Å²) in [5, 5.41) is 4.64. The van der Waals surface area contributed by atoms with E-state index in [-0.39, 0.29) is 11.5 Å². The fraction of sp³-hybridized carbons (Fsp3) is 0.429. The number of aromatic nitrogens is 1. The number of carbonyl (C=O) groups excluding carboxylic acids is 1. The quantitative estimate of drug-likeness (QED) is 0.423. The molecule has 2 fully saturated rings. The topological polar surface area (TPSA) is 55.7 Å². The third-order valence-electron chi connectivity index (χ3n) is 7.51. The van der Waals surface area contributed by atoms with Crippen LogP contribution in [0.2, 0.25) is 5.02 Å². The highest BCUT2D eigenvalue weighted by Gasteiger charge is 2.39. The minimum absolute atomic E-state index is 0.162. The van der Waals surface area contributed by atoms with Crippen LogP contribution < -0.4 is 10.1 Å². The number of hydrogen-bond acceptors (Lipinski definition) is 6. The first-order chi connectivity index (χ1) is 18.0. The molecule has 1 amide bonds. The fourth-order valence-corrected chi connectivity index (χ4v) is 7.15. The highest BCUT2D eigenvalue weighted by Crippen LogP contribution is 2.42. The largest absolute Gasteiger partial charge is 0.483 e. The van der Waals surface area contributed by atoms with Gasteiger partial charge in [-0.2, -0.15) is 11.8 Å². The minimum Gasteiger partial charge on any atom is -0.483 e. The number of halogens is 1. The lowest BCUT2D eigenvalue weighted by Gasteiger charge is -2.42. The number of nitrogens with one attached hydrogen (secondary N) is 1. The van der Waals surface area contributed by atoms with Crippen LogP contribution in [0.5, 0.6) is 5.75 Å². The van der Waals surface area contributed by atoms with Crippen LogP contribution in [0.3, 0.4) is 0 Å². The molecule has 194 valence electrons. The number of benzene rings is 2. The summed E-state index contributed by atoms with van der Waals surface area (Å²) in [6, 6.07) is 11.8. The predicted molar refractivity (Wildman–Crippen MR) is 151 cm³/mol. The first-order valence-electron chi connectivity index (χ1n) is 12.8. The van der Waals surface area contributed by atoms with Crippen molar-refractivity contribution in [3.63, 3.8) is 0 Å². The molecule has 2 aromatic carbocycles. The van der Waals surface area contributed by atoms with Crippen LogP contribution in [0.15, 0.2) is 42.6 Å². The molecule has 2 saturated heterocycles. The van der Waals surface area contributed by atoms with Gasteiger partial charge in [-0.1, -0.05) is 36.0 Å². The SMILES string of the molecule is O=C(NCc1ccc(Cl)cc1)c1cn2c3c(cc(CN4CCOCC4)cc3c1=S)OC1(CCSCC1)C2. The van der Waals surface area contributed by atoms with Gasteiger partial charge in [0.25, 0.3) is 5.91 Å². The molecule has 3 aliphatic heterocycles. The molecule has 3 aliphatic rings. The number of amides is 1. The molecular formula is C28H30ClN3O3S2. The Morgan fingerprint density at radius 2 is 1.86 bits per heavy atom. The van der Waals surface area contributed by atoms with Gasteiger partial charge in [0.2, 0.25) is 0 Å². The Morgan fingerprint density at radius 1 is 1.11 bits per heavy atom. The molecule has 1 aromatic heterocycles. The summed E-state index contributed by atoms with van der Waals surface area (Å²) >= 11 is 13.9. The number of rotatable bonds is 5. The van der Waals surface area contributed by atoms with Crippen molar-refractivity contribution in [1.29, 1.82) is 0 Å². The van der Waals surface area contributed by atoms with E-state index >= 15 is 0 Å². The molecule has 0 aliphatic carbocycles. The molecule has 0 radical (unpaired) electrons. The Morgan fingerprint density at radius 3 is 2.62 bits per heavy atom. The van der Waals surface area contributed by atoms with Crippen molar-refractivity contribution >= 4 is 52.4 Å². The van der Waals surface area contributed by atoms with Gasteiger partial charge in [-0.15, -0.1) is 0 Å². The van der Waals surface area contributed by atoms with E-state index < -0.39 is 0 Å². The lowest BCUT2D eigenvalue weighted by molar-refractivity contribution is 0.0318. The molecule has 0 bridgehead atoms. The van der Waals surface area contributed by atoms with Gasteiger partial charge in [-0.3, -0.25) is 9.69 Å². The second-order valence-electron chi connectivity index (χ2n) is 10.1. The Hall–Kier alpha value is -2.10. The van der Waals surface area contributed by atoms with Gasteiger partial charge in [0.05, 0.1) is 35.3 Å². The van der Waals surface area contributed by atoms with E-state index in [0.29, 0.717) is 21.6 Å². The summed E-state index contributed by atoms with van der Waals surface area (Å²) in [7, 11) is 0. The van der Waals surface area contributed by atoms with E-state index in [0.717, 1.165) is 91.5 Å². The van der Waals surface area contributed by atoms with E-state index in [9.17, 15) is 4.79 Å². The Bertz CT molecular complexity index is 1380. The summed E-state index contributed by atoms with van der Waals surface area (Å²) in [6.07, 6.45) is 3.93. The van der Waals surface area contributed by atoms with Crippen LogP contribution >= 0.6 is 35.6 Å². The third kappa shape index (κ3) is 5.27. The van der Waals surface area contributed by atoms with E-state index in [2.05, 4.69) is 26.9 Å². The molecule has 4 heterocycles. The van der Waals surface area contributed by atoms with Gasteiger partial charge >= 0.3 is 0 Å². The van der Waals surface area contributed by atoms with Crippen molar-refractivity contribution < 1.29 is 14.3 Å². The fourth-order valence-electron chi connectivity index (χ4n) is 5.49. The van der Waals surface area contributed by atoms with Gasteiger partial charge in [0.1, 0.15) is 11.4 Å². The summed E-state index contributed by atoms with van der Waals surface area (Å²) < 4.78 is 15.1. The molecule has 9 heteroatoms. The maximum Gasteiger partial charge on any atom is 0.254 e. The standard InChI is InChI=1S/C28H30ClN3O3S2/c29-21-3-1-19(2-4-21)15-30-27(33)23-17-32-18-28(5-11-37-12-6-28)35-24-14-20(13-22(25(24)32)26(23)36)16-31-7-9-34-10-8-31/h1-4,13-14,17H,5-12,15-16,18H2,(H,30,33). The Kier molecular flexibility index (Phi) is 7.20. The van der Waals surface area contributed by atoms with E-state index in [1.807, 2.05) is 42.2 Å². The molecule has 0 unspecified atom stereocenters. The molecule has 0 atom stereocenters. The summed E-state index contributed by atoms with van der Waals surface area (Å²) in [4.78, 5) is 15.8. The number of carbonyl (C=O) groups is 1. The maximum absolute atomic E-state index is 13.4. The second-order valence-corrected chi connectivity index (χ2v) is 12.2. The lowest BCUT2D eigenvalue weighted by atomic mass is 9.93. The monoisotopic (exact) mass is 555 g/mol. The molecule has 0 saturated carbocycles. The molecule has 6 rings (SSSR count). The maximum atomic E-state index is 13.4. The number of pyridine rings is 1. The highest BCUT2D eigenvalue weighted by atomic mass is 35.5. The van der Waals surface area contributed by atoms with Gasteiger partial charge in [-0.05, 0) is 59.7 Å². The number of morpholine rings is 1. The van der Waals surface area contributed by atoms with Gasteiger partial charge in [-0.25, -0.2) is 0 Å². The van der Waals surface area contributed by atoms with Gasteiger partial charge in [0.15, 0.2) is 0 Å². The highest BCUT2D eigenvalue weighted by molar-refractivity contribution is 7.99. The van der Waals surface area contributed by atoms with Crippen LogP contribution in [0, 0.1) is 4.51 Å². The molecular weight excluding hydrogens is 526 g/mol. The predicted octanol–water partition coefficient (Wildman–Crippen LogP) is 5.44. The Balaban J connectivity index is 1.38. The normalized spacial score (nSPS) is 19.1. The number of nitrogens with zero attached hydrogens (tertiary/aromatic N) is 2. The Labute approximate surface area is 231 Å². The average molecular weight is 556 g/mol. The molecule has 3 aromatic rings. The van der Waals surface area contributed by atoms with E-state index in [1.54, 1.807) is 0 Å².